The van der Waals surface area contributed by atoms with Crippen LogP contribution in [0.3, 0.4) is 0 Å². The van der Waals surface area contributed by atoms with Crippen molar-refractivity contribution < 1.29 is 14.3 Å². The van der Waals surface area contributed by atoms with Crippen molar-refractivity contribution in [2.45, 2.75) is 20.8 Å². The number of rotatable bonds is 5. The molecule has 1 aromatic carbocycles. The number of benzene rings is 1. The van der Waals surface area contributed by atoms with Crippen LogP contribution in [0, 0.1) is 5.41 Å². The third-order valence-electron chi connectivity index (χ3n) is 3.19. The molecule has 25 heavy (non-hydrogen) atoms. The summed E-state index contributed by atoms with van der Waals surface area (Å²) in [7, 11) is 0. The first-order valence-corrected chi connectivity index (χ1v) is 8.07. The summed E-state index contributed by atoms with van der Waals surface area (Å²) in [5, 5.41) is 5.78. The number of pyridine rings is 1. The largest absolute Gasteiger partial charge is 0.482 e. The maximum absolute atomic E-state index is 12.0. The molecule has 0 bridgehead atoms. The van der Waals surface area contributed by atoms with Crippen LogP contribution in [-0.4, -0.2) is 23.4 Å². The van der Waals surface area contributed by atoms with Gasteiger partial charge in [-0.1, -0.05) is 32.4 Å². The normalized spacial score (nSPS) is 10.9. The number of hydrogen-bond acceptors (Lipinski definition) is 4. The summed E-state index contributed by atoms with van der Waals surface area (Å²) in [6, 6.07) is 8.30. The molecule has 132 valence electrons. The van der Waals surface area contributed by atoms with Gasteiger partial charge in [0.05, 0.1) is 16.9 Å². The van der Waals surface area contributed by atoms with Crippen LogP contribution in [0.2, 0.25) is 5.02 Å². The topological polar surface area (TPSA) is 80.3 Å². The molecular weight excluding hydrogens is 342 g/mol. The number of nitrogens with one attached hydrogen (secondary N) is 2. The fourth-order valence-corrected chi connectivity index (χ4v) is 2.01. The molecule has 2 amide bonds. The van der Waals surface area contributed by atoms with Crippen LogP contribution < -0.4 is 15.4 Å². The molecule has 0 aliphatic heterocycles. The summed E-state index contributed by atoms with van der Waals surface area (Å²) in [6.07, 6.45) is 3.14. The van der Waals surface area contributed by atoms with Gasteiger partial charge >= 0.3 is 0 Å². The first-order valence-electron chi connectivity index (χ1n) is 7.69. The molecule has 0 atom stereocenters. The van der Waals surface area contributed by atoms with Gasteiger partial charge in [-0.05, 0) is 30.3 Å². The van der Waals surface area contributed by atoms with E-state index in [9.17, 15) is 9.59 Å². The van der Waals surface area contributed by atoms with Gasteiger partial charge in [-0.25, -0.2) is 0 Å². The molecule has 0 fully saturated rings. The lowest BCUT2D eigenvalue weighted by Crippen LogP contribution is -2.27. The molecule has 7 heteroatoms. The molecule has 2 rings (SSSR count). The number of anilines is 2. The Hall–Kier alpha value is -2.60. The molecule has 2 aromatic rings. The lowest BCUT2D eigenvalue weighted by molar-refractivity contribution is -0.123. The summed E-state index contributed by atoms with van der Waals surface area (Å²) < 4.78 is 5.32. The predicted molar refractivity (Wildman–Crippen MR) is 97.9 cm³/mol. The van der Waals surface area contributed by atoms with E-state index in [2.05, 4.69) is 15.6 Å². The Labute approximate surface area is 151 Å². The molecule has 0 radical (unpaired) electrons. The van der Waals surface area contributed by atoms with Crippen molar-refractivity contribution >= 4 is 34.8 Å². The maximum atomic E-state index is 12.0. The lowest BCUT2D eigenvalue weighted by atomic mass is 9.95. The van der Waals surface area contributed by atoms with Gasteiger partial charge in [0, 0.05) is 17.3 Å². The zero-order chi connectivity index (χ0) is 18.4. The van der Waals surface area contributed by atoms with E-state index in [1.54, 1.807) is 36.5 Å². The van der Waals surface area contributed by atoms with E-state index in [0.29, 0.717) is 22.1 Å². The van der Waals surface area contributed by atoms with Crippen LogP contribution in [0.1, 0.15) is 20.8 Å². The Morgan fingerprint density at radius 3 is 2.56 bits per heavy atom. The number of nitrogens with zero attached hydrogens (tertiary/aromatic N) is 1. The Bertz CT molecular complexity index is 758. The first kappa shape index (κ1) is 18.7. The number of carbonyl (C=O) groups is 2. The number of carbonyl (C=O) groups excluding carboxylic acids is 2. The molecule has 2 N–H and O–H groups in total. The van der Waals surface area contributed by atoms with E-state index in [-0.39, 0.29) is 18.4 Å². The molecule has 0 unspecified atom stereocenters. The van der Waals surface area contributed by atoms with Crippen molar-refractivity contribution in [3.8, 4) is 5.75 Å². The Morgan fingerprint density at radius 2 is 1.96 bits per heavy atom. The van der Waals surface area contributed by atoms with Crippen molar-refractivity contribution in [1.29, 1.82) is 0 Å². The van der Waals surface area contributed by atoms with E-state index in [4.69, 9.17) is 16.3 Å². The molecule has 0 spiro atoms. The monoisotopic (exact) mass is 361 g/mol. The van der Waals surface area contributed by atoms with Crippen LogP contribution >= 0.6 is 11.6 Å². The van der Waals surface area contributed by atoms with Gasteiger partial charge in [0.1, 0.15) is 5.75 Å². The van der Waals surface area contributed by atoms with Gasteiger partial charge in [0.25, 0.3) is 5.91 Å². The molecule has 0 saturated heterocycles. The molecule has 0 aliphatic rings. The number of aromatic nitrogens is 1. The van der Waals surface area contributed by atoms with Gasteiger partial charge in [-0.15, -0.1) is 0 Å². The van der Waals surface area contributed by atoms with Gasteiger partial charge < -0.3 is 15.4 Å². The third-order valence-corrected chi connectivity index (χ3v) is 3.50. The third kappa shape index (κ3) is 5.76. The van der Waals surface area contributed by atoms with E-state index >= 15 is 0 Å². The SMILES string of the molecule is CC(C)(C)C(=O)Nc1ccc(NC(=O)COc2cccnc2)cc1Cl. The van der Waals surface area contributed by atoms with Crippen LogP contribution in [0.15, 0.2) is 42.7 Å². The van der Waals surface area contributed by atoms with E-state index < -0.39 is 5.41 Å². The standard InChI is InChI=1S/C18H20ClN3O3/c1-18(2,3)17(24)22-15-7-6-12(9-14(15)19)21-16(23)11-25-13-5-4-8-20-10-13/h4-10H,11H2,1-3H3,(H,21,23)(H,22,24). The average molecular weight is 362 g/mol. The predicted octanol–water partition coefficient (Wildman–Crippen LogP) is 3.74. The lowest BCUT2D eigenvalue weighted by Gasteiger charge is -2.18. The molecule has 1 heterocycles. The van der Waals surface area contributed by atoms with Crippen LogP contribution in [0.4, 0.5) is 11.4 Å². The van der Waals surface area contributed by atoms with Crippen LogP contribution in [0.25, 0.3) is 0 Å². The van der Waals surface area contributed by atoms with Crippen molar-refractivity contribution in [2.75, 3.05) is 17.2 Å². The summed E-state index contributed by atoms with van der Waals surface area (Å²) in [5.41, 5.74) is 0.476. The van der Waals surface area contributed by atoms with Crippen molar-refractivity contribution in [3.05, 3.63) is 47.7 Å². The molecule has 0 saturated carbocycles. The molecular formula is C18H20ClN3O3. The molecule has 1 aromatic heterocycles. The minimum atomic E-state index is -0.528. The second kappa shape index (κ2) is 7.98. The van der Waals surface area contributed by atoms with Gasteiger partial charge in [-0.2, -0.15) is 0 Å². The van der Waals surface area contributed by atoms with E-state index in [1.807, 2.05) is 20.8 Å². The minimum Gasteiger partial charge on any atom is -0.482 e. The Balaban J connectivity index is 1.93. The molecule has 0 aliphatic carbocycles. The highest BCUT2D eigenvalue weighted by atomic mass is 35.5. The smallest absolute Gasteiger partial charge is 0.262 e. The average Bonchev–Trinajstić information content (AvgIpc) is 2.55. The number of ether oxygens (including phenoxy) is 1. The summed E-state index contributed by atoms with van der Waals surface area (Å²) in [6.45, 7) is 5.29. The van der Waals surface area contributed by atoms with Crippen molar-refractivity contribution in [3.63, 3.8) is 0 Å². The zero-order valence-corrected chi connectivity index (χ0v) is 15.1. The number of hydrogen-bond donors (Lipinski definition) is 2. The summed E-state index contributed by atoms with van der Waals surface area (Å²) in [4.78, 5) is 27.8. The molecule has 6 nitrogen and oxygen atoms in total. The van der Waals surface area contributed by atoms with Crippen molar-refractivity contribution in [1.82, 2.24) is 4.98 Å². The van der Waals surface area contributed by atoms with Gasteiger partial charge in [0.2, 0.25) is 5.91 Å². The van der Waals surface area contributed by atoms with Crippen molar-refractivity contribution in [2.24, 2.45) is 5.41 Å². The maximum Gasteiger partial charge on any atom is 0.262 e. The highest BCUT2D eigenvalue weighted by Crippen LogP contribution is 2.27. The van der Waals surface area contributed by atoms with Gasteiger partial charge in [0.15, 0.2) is 6.61 Å². The van der Waals surface area contributed by atoms with E-state index in [0.717, 1.165) is 0 Å². The Morgan fingerprint density at radius 1 is 1.20 bits per heavy atom. The fraction of sp³-hybridized carbons (Fsp3) is 0.278. The number of halogens is 1. The van der Waals surface area contributed by atoms with E-state index in [1.165, 1.54) is 6.20 Å². The second-order valence-corrected chi connectivity index (χ2v) is 6.83. The number of amides is 2. The van der Waals surface area contributed by atoms with Crippen LogP contribution in [0.5, 0.6) is 5.75 Å². The fourth-order valence-electron chi connectivity index (χ4n) is 1.78. The summed E-state index contributed by atoms with van der Waals surface area (Å²) >= 11 is 6.17. The second-order valence-electron chi connectivity index (χ2n) is 6.42. The highest BCUT2D eigenvalue weighted by Gasteiger charge is 2.22. The Kier molecular flexibility index (Phi) is 5.98. The van der Waals surface area contributed by atoms with Gasteiger partial charge in [-0.3, -0.25) is 14.6 Å². The highest BCUT2D eigenvalue weighted by molar-refractivity contribution is 6.34. The minimum absolute atomic E-state index is 0.143. The quantitative estimate of drug-likeness (QED) is 0.850. The zero-order valence-electron chi connectivity index (χ0n) is 14.3. The summed E-state index contributed by atoms with van der Waals surface area (Å²) in [5.74, 6) is 0.0402. The van der Waals surface area contributed by atoms with Crippen LogP contribution in [-0.2, 0) is 9.59 Å². The first-order chi connectivity index (χ1) is 11.8.